The Bertz CT molecular complexity index is 972. The molecule has 3 rings (SSSR count). The summed E-state index contributed by atoms with van der Waals surface area (Å²) in [5.74, 6) is -1.20. The van der Waals surface area contributed by atoms with Crippen LogP contribution in [0, 0.1) is 5.82 Å². The number of carbonyl (C=O) groups is 1. The highest BCUT2D eigenvalue weighted by atomic mass is 79.9. The van der Waals surface area contributed by atoms with Crippen LogP contribution in [0.2, 0.25) is 0 Å². The van der Waals surface area contributed by atoms with E-state index in [0.717, 1.165) is 11.5 Å². The van der Waals surface area contributed by atoms with Gasteiger partial charge in [0.2, 0.25) is 5.82 Å². The fraction of sp³-hybridized carbons (Fsp3) is 0. The van der Waals surface area contributed by atoms with Crippen LogP contribution < -0.4 is 16.8 Å². The smallest absolute Gasteiger partial charge is 0.272 e. The first-order valence-electron chi connectivity index (χ1n) is 6.47. The number of rotatable bonds is 4. The highest BCUT2D eigenvalue weighted by Crippen LogP contribution is 2.23. The summed E-state index contributed by atoms with van der Waals surface area (Å²) in [6.07, 6.45) is 0. The molecule has 10 nitrogen and oxygen atoms in total. The quantitative estimate of drug-likeness (QED) is 0.419. The second-order valence-electron chi connectivity index (χ2n) is 4.50. The van der Waals surface area contributed by atoms with Gasteiger partial charge in [-0.25, -0.2) is 14.0 Å². The third kappa shape index (κ3) is 3.61. The molecule has 0 atom stereocenters. The first kappa shape index (κ1) is 16.9. The Morgan fingerprint density at radius 3 is 2.88 bits per heavy atom. The number of anilines is 2. The third-order valence-electron chi connectivity index (χ3n) is 2.84. The summed E-state index contributed by atoms with van der Waals surface area (Å²) < 4.78 is 21.6. The SMILES string of the molecule is NC(=Nc1ccc(F)c(Br)c1)c1nonc1NC(=O)c1snnc1N. The van der Waals surface area contributed by atoms with Crippen molar-refractivity contribution >= 4 is 56.5 Å². The number of halogens is 2. The van der Waals surface area contributed by atoms with Gasteiger partial charge in [-0.05, 0) is 56.0 Å². The van der Waals surface area contributed by atoms with E-state index in [0.29, 0.717) is 5.69 Å². The molecule has 25 heavy (non-hydrogen) atoms. The van der Waals surface area contributed by atoms with Gasteiger partial charge in [-0.15, -0.1) is 5.10 Å². The molecule has 2 heterocycles. The van der Waals surface area contributed by atoms with Gasteiger partial charge < -0.3 is 16.8 Å². The molecule has 0 aliphatic heterocycles. The van der Waals surface area contributed by atoms with Gasteiger partial charge in [-0.3, -0.25) is 4.79 Å². The van der Waals surface area contributed by atoms with Crippen molar-refractivity contribution in [3.8, 4) is 0 Å². The first-order chi connectivity index (χ1) is 12.0. The first-order valence-corrected chi connectivity index (χ1v) is 8.03. The van der Waals surface area contributed by atoms with Crippen molar-refractivity contribution in [3.05, 3.63) is 39.1 Å². The summed E-state index contributed by atoms with van der Waals surface area (Å²) in [5.41, 5.74) is 11.8. The molecule has 1 aromatic carbocycles. The molecular formula is C12H8BrFN8O2S. The van der Waals surface area contributed by atoms with Crippen LogP contribution in [0.25, 0.3) is 0 Å². The van der Waals surface area contributed by atoms with Gasteiger partial charge in [-0.2, -0.15) is 0 Å². The number of amidine groups is 1. The maximum Gasteiger partial charge on any atom is 0.272 e. The molecule has 128 valence electrons. The fourth-order valence-electron chi connectivity index (χ4n) is 1.70. The highest BCUT2D eigenvalue weighted by Gasteiger charge is 2.20. The van der Waals surface area contributed by atoms with Crippen LogP contribution in [0.15, 0.2) is 32.3 Å². The zero-order chi connectivity index (χ0) is 18.0. The molecule has 0 radical (unpaired) electrons. The number of aromatic nitrogens is 4. The molecule has 0 bridgehead atoms. The maximum atomic E-state index is 13.3. The van der Waals surface area contributed by atoms with Crippen molar-refractivity contribution in [1.29, 1.82) is 0 Å². The number of carbonyl (C=O) groups excluding carboxylic acids is 1. The van der Waals surface area contributed by atoms with E-state index in [1.54, 1.807) is 0 Å². The highest BCUT2D eigenvalue weighted by molar-refractivity contribution is 9.10. The second-order valence-corrected chi connectivity index (χ2v) is 6.11. The molecule has 2 aromatic heterocycles. The molecule has 13 heteroatoms. The normalized spacial score (nSPS) is 11.5. The van der Waals surface area contributed by atoms with Crippen molar-refractivity contribution in [2.75, 3.05) is 11.1 Å². The minimum Gasteiger partial charge on any atom is -0.382 e. The lowest BCUT2D eigenvalue weighted by Gasteiger charge is -2.02. The average molecular weight is 427 g/mol. The lowest BCUT2D eigenvalue weighted by molar-refractivity contribution is 0.103. The number of aliphatic imine (C=N–C) groups is 1. The molecule has 1 amide bonds. The Morgan fingerprint density at radius 2 is 2.20 bits per heavy atom. The third-order valence-corrected chi connectivity index (χ3v) is 4.18. The Labute approximate surface area is 151 Å². The fourth-order valence-corrected chi connectivity index (χ4v) is 2.55. The number of hydrogen-bond donors (Lipinski definition) is 3. The van der Waals surface area contributed by atoms with Gasteiger partial charge in [0.15, 0.2) is 22.2 Å². The number of nitrogens with two attached hydrogens (primary N) is 2. The number of benzene rings is 1. The summed E-state index contributed by atoms with van der Waals surface area (Å²) in [4.78, 5) is 16.3. The van der Waals surface area contributed by atoms with Gasteiger partial charge in [0, 0.05) is 0 Å². The zero-order valence-corrected chi connectivity index (χ0v) is 14.5. The summed E-state index contributed by atoms with van der Waals surface area (Å²) in [6, 6.07) is 4.07. The average Bonchev–Trinajstić information content (AvgIpc) is 3.19. The Kier molecular flexibility index (Phi) is 4.67. The molecule has 0 fully saturated rings. The van der Waals surface area contributed by atoms with Gasteiger partial charge in [0.25, 0.3) is 5.91 Å². The van der Waals surface area contributed by atoms with E-state index in [-0.39, 0.29) is 32.5 Å². The molecule has 5 N–H and O–H groups in total. The summed E-state index contributed by atoms with van der Waals surface area (Å²) in [5, 5.41) is 13.1. The molecule has 0 aliphatic carbocycles. The number of nitrogens with one attached hydrogen (secondary N) is 1. The van der Waals surface area contributed by atoms with Crippen LogP contribution in [-0.2, 0) is 0 Å². The predicted octanol–water partition coefficient (Wildman–Crippen LogP) is 1.69. The largest absolute Gasteiger partial charge is 0.382 e. The molecule has 0 unspecified atom stereocenters. The van der Waals surface area contributed by atoms with E-state index in [1.165, 1.54) is 18.2 Å². The van der Waals surface area contributed by atoms with Crippen molar-refractivity contribution < 1.29 is 13.8 Å². The van der Waals surface area contributed by atoms with Gasteiger partial charge in [0.05, 0.1) is 10.2 Å². The lowest BCUT2D eigenvalue weighted by Crippen LogP contribution is -2.19. The van der Waals surface area contributed by atoms with E-state index < -0.39 is 11.7 Å². The van der Waals surface area contributed by atoms with Crippen molar-refractivity contribution in [1.82, 2.24) is 19.9 Å². The predicted molar refractivity (Wildman–Crippen MR) is 91.1 cm³/mol. The maximum absolute atomic E-state index is 13.3. The van der Waals surface area contributed by atoms with Crippen LogP contribution in [0.1, 0.15) is 15.4 Å². The number of nitrogen functional groups attached to an aromatic ring is 1. The molecular weight excluding hydrogens is 419 g/mol. The zero-order valence-electron chi connectivity index (χ0n) is 12.1. The van der Waals surface area contributed by atoms with E-state index in [9.17, 15) is 9.18 Å². The summed E-state index contributed by atoms with van der Waals surface area (Å²) in [7, 11) is 0. The van der Waals surface area contributed by atoms with E-state index in [2.05, 4.69) is 50.8 Å². The van der Waals surface area contributed by atoms with Crippen molar-refractivity contribution in [2.24, 2.45) is 10.7 Å². The second kappa shape index (κ2) is 6.90. The van der Waals surface area contributed by atoms with Crippen LogP contribution in [0.5, 0.6) is 0 Å². The topological polar surface area (TPSA) is 158 Å². The van der Waals surface area contributed by atoms with Crippen LogP contribution in [0.4, 0.5) is 21.7 Å². The number of hydrogen-bond acceptors (Lipinski definition) is 9. The molecule has 0 aliphatic rings. The Balaban J connectivity index is 1.85. The minimum atomic E-state index is -0.596. The summed E-state index contributed by atoms with van der Waals surface area (Å²) >= 11 is 3.87. The Hall–Kier alpha value is -2.93. The molecule has 0 saturated heterocycles. The van der Waals surface area contributed by atoms with E-state index in [1.807, 2.05) is 0 Å². The van der Waals surface area contributed by atoms with E-state index >= 15 is 0 Å². The molecule has 3 aromatic rings. The summed E-state index contributed by atoms with van der Waals surface area (Å²) in [6.45, 7) is 0. The molecule has 0 saturated carbocycles. The number of nitrogens with zero attached hydrogens (tertiary/aromatic N) is 5. The van der Waals surface area contributed by atoms with E-state index in [4.69, 9.17) is 11.5 Å². The Morgan fingerprint density at radius 1 is 1.40 bits per heavy atom. The number of amides is 1. The monoisotopic (exact) mass is 426 g/mol. The van der Waals surface area contributed by atoms with Gasteiger partial charge in [0.1, 0.15) is 5.82 Å². The standard InChI is InChI=1S/C12H8BrFN8O2S/c13-5-3-4(1-2-6(5)14)17-9(15)7-11(21-24-20-7)18-12(23)8-10(16)19-22-25-8/h1-3H,16H2,(H2,15,17)(H,18,21,23). The van der Waals surface area contributed by atoms with Crippen molar-refractivity contribution in [2.45, 2.75) is 0 Å². The van der Waals surface area contributed by atoms with Gasteiger partial charge >= 0.3 is 0 Å². The minimum absolute atomic E-state index is 0.00448. The molecule has 0 spiro atoms. The van der Waals surface area contributed by atoms with Crippen LogP contribution in [0.3, 0.4) is 0 Å². The van der Waals surface area contributed by atoms with Crippen molar-refractivity contribution in [3.63, 3.8) is 0 Å². The van der Waals surface area contributed by atoms with Crippen LogP contribution in [-0.4, -0.2) is 31.6 Å². The van der Waals surface area contributed by atoms with Gasteiger partial charge in [-0.1, -0.05) is 4.49 Å². The lowest BCUT2D eigenvalue weighted by atomic mass is 10.3. The van der Waals surface area contributed by atoms with Crippen LogP contribution >= 0.6 is 27.5 Å².